The molecule has 0 saturated carbocycles. The van der Waals surface area contributed by atoms with Crippen molar-refractivity contribution in [3.8, 4) is 0 Å². The van der Waals surface area contributed by atoms with Crippen LogP contribution in [0.15, 0.2) is 71.7 Å². The lowest BCUT2D eigenvalue weighted by Gasteiger charge is -2.21. The first-order chi connectivity index (χ1) is 13.7. The number of carbonyl (C=O) groups excluding carboxylic acids is 2. The largest absolute Gasteiger partial charge is 0.467 e. The Labute approximate surface area is 163 Å². The Kier molecular flexibility index (Phi) is 6.89. The molecule has 1 aromatic carbocycles. The van der Waals surface area contributed by atoms with Gasteiger partial charge in [-0.2, -0.15) is 0 Å². The fraction of sp³-hybridized carbons (Fsp3) is 0.238. The highest BCUT2D eigenvalue weighted by Crippen LogP contribution is 2.10. The van der Waals surface area contributed by atoms with E-state index < -0.39 is 0 Å². The molecule has 3 rings (SSSR count). The molecule has 0 fully saturated rings. The van der Waals surface area contributed by atoms with Gasteiger partial charge in [-0.1, -0.05) is 30.3 Å². The summed E-state index contributed by atoms with van der Waals surface area (Å²) >= 11 is 0. The van der Waals surface area contributed by atoms with Crippen LogP contribution in [0.5, 0.6) is 0 Å². The first-order valence-corrected chi connectivity index (χ1v) is 9.10. The molecule has 1 N–H and O–H groups in total. The van der Waals surface area contributed by atoms with Gasteiger partial charge in [0.1, 0.15) is 11.5 Å². The van der Waals surface area contributed by atoms with Crippen LogP contribution in [0, 0.1) is 0 Å². The lowest BCUT2D eigenvalue weighted by Crippen LogP contribution is -2.35. The van der Waals surface area contributed by atoms with E-state index in [1.807, 2.05) is 30.3 Å². The Hall–Kier alpha value is -3.48. The van der Waals surface area contributed by atoms with E-state index in [0.717, 1.165) is 6.42 Å². The molecule has 2 aromatic heterocycles. The minimum absolute atomic E-state index is 0.104. The molecule has 2 heterocycles. The van der Waals surface area contributed by atoms with E-state index in [1.165, 1.54) is 24.2 Å². The lowest BCUT2D eigenvalue weighted by molar-refractivity contribution is -0.121. The number of benzene rings is 1. The summed E-state index contributed by atoms with van der Waals surface area (Å²) in [5.74, 6) is 0.246. The molecule has 7 nitrogen and oxygen atoms in total. The molecule has 7 heteroatoms. The van der Waals surface area contributed by atoms with Crippen LogP contribution in [0.4, 0.5) is 0 Å². The van der Waals surface area contributed by atoms with E-state index in [4.69, 9.17) is 4.42 Å². The van der Waals surface area contributed by atoms with E-state index >= 15 is 0 Å². The Morgan fingerprint density at radius 3 is 2.64 bits per heavy atom. The molecule has 0 saturated heterocycles. The molecular formula is C21H22N4O3. The molecular weight excluding hydrogens is 356 g/mol. The molecule has 144 valence electrons. The number of hydrogen-bond acceptors (Lipinski definition) is 5. The molecule has 2 amide bonds. The van der Waals surface area contributed by atoms with Crippen LogP contribution < -0.4 is 5.32 Å². The molecule has 0 radical (unpaired) electrons. The number of nitrogens with one attached hydrogen (secondary N) is 1. The summed E-state index contributed by atoms with van der Waals surface area (Å²) in [5, 5.41) is 2.90. The SMILES string of the molecule is O=C(CCN(Cc1ccco1)C(=O)c1cnccn1)NCCc1ccccc1. The van der Waals surface area contributed by atoms with Gasteiger partial charge in [0, 0.05) is 31.9 Å². The second-order valence-corrected chi connectivity index (χ2v) is 6.23. The Balaban J connectivity index is 1.53. The predicted octanol–water partition coefficient (Wildman–Crippen LogP) is 2.46. The molecule has 0 aliphatic heterocycles. The number of rotatable bonds is 9. The maximum absolute atomic E-state index is 12.7. The van der Waals surface area contributed by atoms with E-state index in [-0.39, 0.29) is 37.0 Å². The highest BCUT2D eigenvalue weighted by molar-refractivity contribution is 5.92. The van der Waals surface area contributed by atoms with Gasteiger partial charge >= 0.3 is 0 Å². The quantitative estimate of drug-likeness (QED) is 0.618. The summed E-state index contributed by atoms with van der Waals surface area (Å²) in [7, 11) is 0. The molecule has 0 spiro atoms. The zero-order chi connectivity index (χ0) is 19.6. The van der Waals surface area contributed by atoms with Gasteiger partial charge in [-0.05, 0) is 24.1 Å². The van der Waals surface area contributed by atoms with E-state index in [2.05, 4.69) is 15.3 Å². The Bertz CT molecular complexity index is 867. The van der Waals surface area contributed by atoms with Crippen molar-refractivity contribution in [3.63, 3.8) is 0 Å². The van der Waals surface area contributed by atoms with Crippen LogP contribution in [0.1, 0.15) is 28.2 Å². The molecule has 0 bridgehead atoms. The number of hydrogen-bond donors (Lipinski definition) is 1. The molecule has 0 atom stereocenters. The van der Waals surface area contributed by atoms with Gasteiger partial charge in [0.25, 0.3) is 5.91 Å². The summed E-state index contributed by atoms with van der Waals surface area (Å²) < 4.78 is 5.34. The number of furan rings is 1. The van der Waals surface area contributed by atoms with E-state index in [1.54, 1.807) is 23.3 Å². The normalized spacial score (nSPS) is 10.4. The monoisotopic (exact) mass is 378 g/mol. The maximum Gasteiger partial charge on any atom is 0.274 e. The van der Waals surface area contributed by atoms with Crippen LogP contribution in [0.2, 0.25) is 0 Å². The van der Waals surface area contributed by atoms with Crippen molar-refractivity contribution >= 4 is 11.8 Å². The number of carbonyl (C=O) groups is 2. The third kappa shape index (κ3) is 5.77. The van der Waals surface area contributed by atoms with Crippen molar-refractivity contribution in [2.75, 3.05) is 13.1 Å². The van der Waals surface area contributed by atoms with Crippen LogP contribution in [0.25, 0.3) is 0 Å². The van der Waals surface area contributed by atoms with Crippen molar-refractivity contribution in [3.05, 3.63) is 84.3 Å². The summed E-state index contributed by atoms with van der Waals surface area (Å²) in [5.41, 5.74) is 1.40. The molecule has 0 unspecified atom stereocenters. The van der Waals surface area contributed by atoms with Gasteiger partial charge in [0.15, 0.2) is 0 Å². The second-order valence-electron chi connectivity index (χ2n) is 6.23. The Morgan fingerprint density at radius 1 is 1.07 bits per heavy atom. The zero-order valence-corrected chi connectivity index (χ0v) is 15.5. The van der Waals surface area contributed by atoms with Gasteiger partial charge in [-0.3, -0.25) is 14.6 Å². The van der Waals surface area contributed by atoms with Crippen LogP contribution >= 0.6 is 0 Å². The third-order valence-electron chi connectivity index (χ3n) is 4.18. The van der Waals surface area contributed by atoms with Gasteiger partial charge in [-0.25, -0.2) is 4.98 Å². The minimum Gasteiger partial charge on any atom is -0.467 e. The van der Waals surface area contributed by atoms with Gasteiger partial charge in [-0.15, -0.1) is 0 Å². The topological polar surface area (TPSA) is 88.3 Å². The smallest absolute Gasteiger partial charge is 0.274 e. The van der Waals surface area contributed by atoms with Crippen LogP contribution in [0.3, 0.4) is 0 Å². The van der Waals surface area contributed by atoms with Crippen molar-refractivity contribution in [1.29, 1.82) is 0 Å². The van der Waals surface area contributed by atoms with Gasteiger partial charge < -0.3 is 14.6 Å². The van der Waals surface area contributed by atoms with Gasteiger partial charge in [0.05, 0.1) is 19.0 Å². The zero-order valence-electron chi connectivity index (χ0n) is 15.5. The Morgan fingerprint density at radius 2 is 1.93 bits per heavy atom. The summed E-state index contributed by atoms with van der Waals surface area (Å²) in [6, 6.07) is 13.5. The summed E-state index contributed by atoms with van der Waals surface area (Å²) in [6.45, 7) is 1.08. The average molecular weight is 378 g/mol. The number of amides is 2. The van der Waals surface area contributed by atoms with Crippen molar-refractivity contribution in [2.24, 2.45) is 0 Å². The van der Waals surface area contributed by atoms with E-state index in [9.17, 15) is 9.59 Å². The summed E-state index contributed by atoms with van der Waals surface area (Å²) in [6.07, 6.45) is 6.90. The van der Waals surface area contributed by atoms with Crippen LogP contribution in [-0.2, 0) is 17.8 Å². The van der Waals surface area contributed by atoms with Gasteiger partial charge in [0.2, 0.25) is 5.91 Å². The predicted molar refractivity (Wildman–Crippen MR) is 103 cm³/mol. The molecule has 28 heavy (non-hydrogen) atoms. The summed E-state index contributed by atoms with van der Waals surface area (Å²) in [4.78, 5) is 34.5. The second kappa shape index (κ2) is 10.0. The first-order valence-electron chi connectivity index (χ1n) is 9.10. The molecule has 0 aliphatic rings. The number of nitrogens with zero attached hydrogens (tertiary/aromatic N) is 3. The molecule has 3 aromatic rings. The third-order valence-corrected chi connectivity index (χ3v) is 4.18. The lowest BCUT2D eigenvalue weighted by atomic mass is 10.1. The fourth-order valence-electron chi connectivity index (χ4n) is 2.73. The molecule has 0 aliphatic carbocycles. The van der Waals surface area contributed by atoms with Crippen molar-refractivity contribution < 1.29 is 14.0 Å². The highest BCUT2D eigenvalue weighted by Gasteiger charge is 2.19. The highest BCUT2D eigenvalue weighted by atomic mass is 16.3. The fourth-order valence-corrected chi connectivity index (χ4v) is 2.73. The first kappa shape index (κ1) is 19.3. The van der Waals surface area contributed by atoms with E-state index in [0.29, 0.717) is 12.3 Å². The standard InChI is InChI=1S/C21H22N4O3/c26-20(24-10-8-17-5-2-1-3-6-17)9-13-25(16-18-7-4-14-28-18)21(27)19-15-22-11-12-23-19/h1-7,11-12,14-15H,8-10,13,16H2,(H,24,26). The minimum atomic E-state index is -0.290. The number of aromatic nitrogens is 2. The average Bonchev–Trinajstić information content (AvgIpc) is 3.25. The van der Waals surface area contributed by atoms with Crippen molar-refractivity contribution in [1.82, 2.24) is 20.2 Å². The van der Waals surface area contributed by atoms with Crippen LogP contribution in [-0.4, -0.2) is 39.8 Å². The maximum atomic E-state index is 12.7. The van der Waals surface area contributed by atoms with Crippen molar-refractivity contribution in [2.45, 2.75) is 19.4 Å².